The molecule has 14 nitrogen and oxygen atoms in total. The maximum atomic E-state index is 12.4. The molecule has 2 aromatic rings. The molecule has 2 atom stereocenters. The van der Waals surface area contributed by atoms with Crippen molar-refractivity contribution >= 4 is 46.9 Å². The average molecular weight is 473 g/mol. The largest absolute Gasteiger partial charge is 0.481 e. The fourth-order valence-electron chi connectivity index (χ4n) is 3.26. The van der Waals surface area contributed by atoms with Crippen molar-refractivity contribution in [2.75, 3.05) is 28.2 Å². The SMILES string of the molecule is Nc1nc2c(c(=O)[nH]1)NC(CC(=O)Nc1ccc(C(=O)N[C@@H](CCC(=O)O)C(=O)O)cc1)CN2. The van der Waals surface area contributed by atoms with Gasteiger partial charge in [0.2, 0.25) is 11.9 Å². The number of nitrogens with one attached hydrogen (secondary N) is 5. The van der Waals surface area contributed by atoms with Crippen molar-refractivity contribution < 1.29 is 29.4 Å². The Morgan fingerprint density at radius 3 is 2.53 bits per heavy atom. The van der Waals surface area contributed by atoms with Crippen molar-refractivity contribution in [1.29, 1.82) is 0 Å². The quantitative estimate of drug-likeness (QED) is 0.234. The van der Waals surface area contributed by atoms with Crippen LogP contribution in [0.4, 0.5) is 23.1 Å². The fourth-order valence-corrected chi connectivity index (χ4v) is 3.26. The van der Waals surface area contributed by atoms with Gasteiger partial charge in [-0.3, -0.25) is 24.2 Å². The second-order valence-electron chi connectivity index (χ2n) is 7.52. The van der Waals surface area contributed by atoms with Crippen molar-refractivity contribution in [2.24, 2.45) is 0 Å². The highest BCUT2D eigenvalue weighted by molar-refractivity contribution is 5.97. The topological polar surface area (TPSA) is 229 Å². The first-order valence-electron chi connectivity index (χ1n) is 10.2. The van der Waals surface area contributed by atoms with Crippen molar-refractivity contribution in [3.63, 3.8) is 0 Å². The molecule has 1 aliphatic heterocycles. The van der Waals surface area contributed by atoms with Crippen molar-refractivity contribution in [2.45, 2.75) is 31.3 Å². The van der Waals surface area contributed by atoms with E-state index in [1.54, 1.807) is 0 Å². The molecule has 9 N–H and O–H groups in total. The number of carboxylic acid groups (broad SMARTS) is 2. The number of aliphatic carboxylic acids is 2. The van der Waals surface area contributed by atoms with E-state index in [9.17, 15) is 24.0 Å². The monoisotopic (exact) mass is 473 g/mol. The summed E-state index contributed by atoms with van der Waals surface area (Å²) in [5, 5.41) is 28.7. The molecule has 0 bridgehead atoms. The summed E-state index contributed by atoms with van der Waals surface area (Å²) in [4.78, 5) is 64.9. The standard InChI is InChI=1S/C20H23N7O7/c21-20-26-16-15(18(32)27-20)24-11(8-22-16)7-13(28)23-10-3-1-9(2-4-10)17(31)25-12(19(33)34)5-6-14(29)30/h1-4,11-12,24H,5-8H2,(H,23,28)(H,25,31)(H,29,30)(H,33,34)(H4,21,22,26,27,32)/t11?,12-/m0/s1. The lowest BCUT2D eigenvalue weighted by atomic mass is 10.1. The molecule has 0 saturated heterocycles. The molecule has 2 amide bonds. The summed E-state index contributed by atoms with van der Waals surface area (Å²) in [5.41, 5.74) is 5.78. The number of nitrogens with two attached hydrogens (primary N) is 1. The zero-order valence-electron chi connectivity index (χ0n) is 17.8. The highest BCUT2D eigenvalue weighted by atomic mass is 16.4. The molecule has 34 heavy (non-hydrogen) atoms. The summed E-state index contributed by atoms with van der Waals surface area (Å²) < 4.78 is 0. The molecule has 1 aromatic carbocycles. The van der Waals surface area contributed by atoms with E-state index in [0.717, 1.165) is 0 Å². The van der Waals surface area contributed by atoms with Crippen LogP contribution in [0.3, 0.4) is 0 Å². The smallest absolute Gasteiger partial charge is 0.326 e. The van der Waals surface area contributed by atoms with Gasteiger partial charge in [-0.15, -0.1) is 0 Å². The fraction of sp³-hybridized carbons (Fsp3) is 0.300. The number of hydrogen-bond donors (Lipinski definition) is 8. The number of nitrogen functional groups attached to an aromatic ring is 1. The van der Waals surface area contributed by atoms with Gasteiger partial charge in [-0.2, -0.15) is 4.98 Å². The highest BCUT2D eigenvalue weighted by Gasteiger charge is 2.24. The van der Waals surface area contributed by atoms with E-state index >= 15 is 0 Å². The number of carbonyl (C=O) groups excluding carboxylic acids is 2. The number of carbonyl (C=O) groups is 4. The molecular formula is C20H23N7O7. The summed E-state index contributed by atoms with van der Waals surface area (Å²) in [6.45, 7) is 0.335. The van der Waals surface area contributed by atoms with Gasteiger partial charge in [-0.05, 0) is 30.7 Å². The number of aromatic nitrogens is 2. The van der Waals surface area contributed by atoms with Gasteiger partial charge in [0.25, 0.3) is 11.5 Å². The molecule has 2 heterocycles. The van der Waals surface area contributed by atoms with Crippen LogP contribution < -0.4 is 32.6 Å². The number of benzene rings is 1. The second kappa shape index (κ2) is 10.3. The van der Waals surface area contributed by atoms with Crippen LogP contribution in [0.1, 0.15) is 29.6 Å². The van der Waals surface area contributed by atoms with Gasteiger partial charge in [0.1, 0.15) is 11.7 Å². The Kier molecular flexibility index (Phi) is 7.30. The molecule has 0 saturated carbocycles. The number of aromatic amines is 1. The molecule has 14 heteroatoms. The van der Waals surface area contributed by atoms with Gasteiger partial charge in [-0.25, -0.2) is 4.79 Å². The van der Waals surface area contributed by atoms with E-state index < -0.39 is 35.9 Å². The van der Waals surface area contributed by atoms with E-state index in [2.05, 4.69) is 31.2 Å². The number of H-pyrrole nitrogens is 1. The zero-order valence-corrected chi connectivity index (χ0v) is 17.8. The van der Waals surface area contributed by atoms with Crippen LogP contribution >= 0.6 is 0 Å². The lowest BCUT2D eigenvalue weighted by Crippen LogP contribution is -2.41. The molecule has 1 aliphatic rings. The molecule has 0 spiro atoms. The van der Waals surface area contributed by atoms with Gasteiger partial charge in [0.15, 0.2) is 5.82 Å². The lowest BCUT2D eigenvalue weighted by Gasteiger charge is -2.26. The molecular weight excluding hydrogens is 450 g/mol. The van der Waals surface area contributed by atoms with E-state index in [4.69, 9.17) is 15.9 Å². The number of amides is 2. The van der Waals surface area contributed by atoms with Gasteiger partial charge < -0.3 is 37.2 Å². The third-order valence-corrected chi connectivity index (χ3v) is 4.92. The normalized spacial score (nSPS) is 15.1. The van der Waals surface area contributed by atoms with Crippen LogP contribution in [0.25, 0.3) is 0 Å². The van der Waals surface area contributed by atoms with Crippen LogP contribution in [-0.2, 0) is 14.4 Å². The number of anilines is 4. The lowest BCUT2D eigenvalue weighted by molar-refractivity contribution is -0.140. The molecule has 180 valence electrons. The van der Waals surface area contributed by atoms with Crippen LogP contribution in [-0.4, -0.2) is 62.6 Å². The maximum Gasteiger partial charge on any atom is 0.326 e. The third-order valence-electron chi connectivity index (χ3n) is 4.92. The number of hydrogen-bond acceptors (Lipinski definition) is 9. The van der Waals surface area contributed by atoms with Crippen molar-refractivity contribution in [3.8, 4) is 0 Å². The Morgan fingerprint density at radius 1 is 1.18 bits per heavy atom. The summed E-state index contributed by atoms with van der Waals surface area (Å²) in [5.74, 6) is -3.26. The minimum Gasteiger partial charge on any atom is -0.481 e. The molecule has 1 unspecified atom stereocenters. The Hall–Kier alpha value is -4.62. The highest BCUT2D eigenvalue weighted by Crippen LogP contribution is 2.21. The first-order chi connectivity index (χ1) is 16.1. The van der Waals surface area contributed by atoms with Gasteiger partial charge in [0.05, 0.1) is 6.04 Å². The van der Waals surface area contributed by atoms with Gasteiger partial charge >= 0.3 is 11.9 Å². The van der Waals surface area contributed by atoms with Gasteiger partial charge in [0, 0.05) is 30.6 Å². The molecule has 0 fully saturated rings. The van der Waals surface area contributed by atoms with Crippen LogP contribution in [0.2, 0.25) is 0 Å². The Morgan fingerprint density at radius 2 is 1.88 bits per heavy atom. The Labute approximate surface area is 192 Å². The summed E-state index contributed by atoms with van der Waals surface area (Å²) >= 11 is 0. The molecule has 3 rings (SSSR count). The summed E-state index contributed by atoms with van der Waals surface area (Å²) in [7, 11) is 0. The van der Waals surface area contributed by atoms with Crippen LogP contribution in [0.5, 0.6) is 0 Å². The summed E-state index contributed by atoms with van der Waals surface area (Å²) in [6, 6.07) is 4.00. The van der Waals surface area contributed by atoms with Crippen molar-refractivity contribution in [3.05, 3.63) is 40.2 Å². The van der Waals surface area contributed by atoms with Gasteiger partial charge in [-0.1, -0.05) is 0 Å². The van der Waals surface area contributed by atoms with E-state index in [1.807, 2.05) is 0 Å². The zero-order chi connectivity index (χ0) is 24.8. The number of rotatable bonds is 9. The maximum absolute atomic E-state index is 12.4. The Bertz CT molecular complexity index is 1160. The van der Waals surface area contributed by atoms with Crippen molar-refractivity contribution in [1.82, 2.24) is 15.3 Å². The second-order valence-corrected chi connectivity index (χ2v) is 7.52. The number of nitrogens with zero attached hydrogens (tertiary/aromatic N) is 1. The minimum atomic E-state index is -1.34. The summed E-state index contributed by atoms with van der Waals surface area (Å²) in [6.07, 6.45) is -0.630. The number of carboxylic acids is 2. The molecule has 0 aliphatic carbocycles. The number of fused-ring (bicyclic) bond motifs is 1. The molecule has 1 aromatic heterocycles. The van der Waals surface area contributed by atoms with E-state index in [0.29, 0.717) is 18.1 Å². The molecule has 0 radical (unpaired) electrons. The first kappa shape index (κ1) is 24.0. The Balaban J connectivity index is 1.54. The predicted molar refractivity (Wildman–Crippen MR) is 121 cm³/mol. The van der Waals surface area contributed by atoms with Crippen LogP contribution in [0, 0.1) is 0 Å². The predicted octanol–water partition coefficient (Wildman–Crippen LogP) is -0.365. The van der Waals surface area contributed by atoms with Crippen LogP contribution in [0.15, 0.2) is 29.1 Å². The van der Waals surface area contributed by atoms with E-state index in [-0.39, 0.29) is 42.0 Å². The first-order valence-corrected chi connectivity index (χ1v) is 10.2. The average Bonchev–Trinajstić information content (AvgIpc) is 2.77. The van der Waals surface area contributed by atoms with E-state index in [1.165, 1.54) is 24.3 Å². The minimum absolute atomic E-state index is 0.0230. The third kappa shape index (κ3) is 6.21.